The van der Waals surface area contributed by atoms with Gasteiger partial charge in [-0.3, -0.25) is 0 Å². The Morgan fingerprint density at radius 1 is 0.960 bits per heavy atom. The topological polar surface area (TPSA) is 53.6 Å². The Bertz CT molecular complexity index is 986. The van der Waals surface area contributed by atoms with Crippen LogP contribution in [0, 0.1) is 6.92 Å². The highest BCUT2D eigenvalue weighted by molar-refractivity contribution is 5.79. The SMILES string of the molecule is Cc1ccccc1CNc1ccc(Cc2c[nH]c3ncccc23)cn1. The number of nitrogens with zero attached hydrogens (tertiary/aromatic N) is 2. The molecule has 0 fully saturated rings. The number of aryl methyl sites for hydroxylation is 1. The number of aromatic nitrogens is 3. The molecule has 2 N–H and O–H groups in total. The molecule has 4 heteroatoms. The van der Waals surface area contributed by atoms with Gasteiger partial charge in [0.2, 0.25) is 0 Å². The highest BCUT2D eigenvalue weighted by Gasteiger charge is 2.05. The van der Waals surface area contributed by atoms with Crippen LogP contribution in [0.15, 0.2) is 67.1 Å². The number of anilines is 1. The summed E-state index contributed by atoms with van der Waals surface area (Å²) in [6.07, 6.45) is 6.62. The third-order valence-corrected chi connectivity index (χ3v) is 4.48. The molecule has 0 atom stereocenters. The zero-order valence-corrected chi connectivity index (χ0v) is 14.2. The molecule has 0 aliphatic rings. The molecule has 4 rings (SSSR count). The van der Waals surface area contributed by atoms with Crippen molar-refractivity contribution in [3.8, 4) is 0 Å². The van der Waals surface area contributed by atoms with Gasteiger partial charge in [0.25, 0.3) is 0 Å². The molecule has 124 valence electrons. The standard InChI is InChI=1S/C21H20N4/c1-15-5-2-3-6-17(15)13-24-20-9-8-16(12-23-20)11-18-14-25-21-19(18)7-4-10-22-21/h2-10,12,14H,11,13H2,1H3,(H,22,25)(H,23,24). The highest BCUT2D eigenvalue weighted by Crippen LogP contribution is 2.19. The van der Waals surface area contributed by atoms with Crippen molar-refractivity contribution in [3.05, 3.63) is 89.4 Å². The van der Waals surface area contributed by atoms with Crippen molar-refractivity contribution in [2.24, 2.45) is 0 Å². The molecule has 0 saturated heterocycles. The lowest BCUT2D eigenvalue weighted by Gasteiger charge is -2.09. The molecule has 0 amide bonds. The number of hydrogen-bond acceptors (Lipinski definition) is 3. The van der Waals surface area contributed by atoms with Crippen LogP contribution in [0.4, 0.5) is 5.82 Å². The predicted molar refractivity (Wildman–Crippen MR) is 102 cm³/mol. The van der Waals surface area contributed by atoms with E-state index in [9.17, 15) is 0 Å². The molecule has 0 aliphatic heterocycles. The fourth-order valence-electron chi connectivity index (χ4n) is 3.01. The molecule has 4 nitrogen and oxygen atoms in total. The normalized spacial score (nSPS) is 10.9. The number of pyridine rings is 2. The average molecular weight is 328 g/mol. The van der Waals surface area contributed by atoms with Gasteiger partial charge < -0.3 is 10.3 Å². The quantitative estimate of drug-likeness (QED) is 0.568. The maximum Gasteiger partial charge on any atom is 0.137 e. The zero-order chi connectivity index (χ0) is 17.1. The number of nitrogens with one attached hydrogen (secondary N) is 2. The van der Waals surface area contributed by atoms with Crippen LogP contribution < -0.4 is 5.32 Å². The minimum absolute atomic E-state index is 0.785. The van der Waals surface area contributed by atoms with E-state index in [1.807, 2.05) is 24.5 Å². The summed E-state index contributed by atoms with van der Waals surface area (Å²) >= 11 is 0. The molecular weight excluding hydrogens is 308 g/mol. The Balaban J connectivity index is 1.44. The van der Waals surface area contributed by atoms with E-state index >= 15 is 0 Å². The van der Waals surface area contributed by atoms with Crippen LogP contribution in [0.2, 0.25) is 0 Å². The number of benzene rings is 1. The highest BCUT2D eigenvalue weighted by atomic mass is 15.0. The van der Waals surface area contributed by atoms with Crippen molar-refractivity contribution in [2.75, 3.05) is 5.32 Å². The predicted octanol–water partition coefficient (Wildman–Crippen LogP) is 4.47. The van der Waals surface area contributed by atoms with E-state index in [0.29, 0.717) is 0 Å². The van der Waals surface area contributed by atoms with Crippen molar-refractivity contribution in [3.63, 3.8) is 0 Å². The van der Waals surface area contributed by atoms with Crippen LogP contribution in [0.1, 0.15) is 22.3 Å². The Labute approximate surface area is 147 Å². The van der Waals surface area contributed by atoms with Crippen molar-refractivity contribution in [1.82, 2.24) is 15.0 Å². The van der Waals surface area contributed by atoms with E-state index in [2.05, 4.69) is 63.6 Å². The molecule has 25 heavy (non-hydrogen) atoms. The largest absolute Gasteiger partial charge is 0.366 e. The Kier molecular flexibility index (Phi) is 4.17. The van der Waals surface area contributed by atoms with E-state index in [4.69, 9.17) is 0 Å². The van der Waals surface area contributed by atoms with Crippen LogP contribution in [0.5, 0.6) is 0 Å². The summed E-state index contributed by atoms with van der Waals surface area (Å²) in [6.45, 7) is 2.91. The molecule has 0 radical (unpaired) electrons. The molecule has 0 unspecified atom stereocenters. The fourth-order valence-corrected chi connectivity index (χ4v) is 3.01. The molecule has 0 saturated carbocycles. The Hall–Kier alpha value is -3.14. The van der Waals surface area contributed by atoms with Gasteiger partial charge in [-0.1, -0.05) is 30.3 Å². The van der Waals surface area contributed by atoms with Crippen molar-refractivity contribution in [2.45, 2.75) is 19.9 Å². The lowest BCUT2D eigenvalue weighted by atomic mass is 10.1. The molecule has 0 aliphatic carbocycles. The van der Waals surface area contributed by atoms with Crippen LogP contribution in [-0.2, 0) is 13.0 Å². The zero-order valence-electron chi connectivity index (χ0n) is 14.2. The van der Waals surface area contributed by atoms with E-state index in [0.717, 1.165) is 24.4 Å². The van der Waals surface area contributed by atoms with Gasteiger partial charge in [-0.15, -0.1) is 0 Å². The van der Waals surface area contributed by atoms with Crippen LogP contribution in [-0.4, -0.2) is 15.0 Å². The summed E-state index contributed by atoms with van der Waals surface area (Å²) in [5.74, 6) is 0.896. The van der Waals surface area contributed by atoms with Crippen LogP contribution in [0.25, 0.3) is 11.0 Å². The maximum atomic E-state index is 4.55. The van der Waals surface area contributed by atoms with Crippen molar-refractivity contribution in [1.29, 1.82) is 0 Å². The van der Waals surface area contributed by atoms with E-state index in [1.54, 1.807) is 6.20 Å². The molecule has 3 heterocycles. The lowest BCUT2D eigenvalue weighted by molar-refractivity contribution is 1.08. The first-order valence-electron chi connectivity index (χ1n) is 8.44. The summed E-state index contributed by atoms with van der Waals surface area (Å²) < 4.78 is 0. The van der Waals surface area contributed by atoms with Crippen LogP contribution in [0.3, 0.4) is 0 Å². The summed E-state index contributed by atoms with van der Waals surface area (Å²) in [4.78, 5) is 12.1. The number of aromatic amines is 1. The van der Waals surface area contributed by atoms with Gasteiger partial charge in [-0.25, -0.2) is 9.97 Å². The van der Waals surface area contributed by atoms with Gasteiger partial charge in [-0.2, -0.15) is 0 Å². The molecule has 4 aromatic rings. The third-order valence-electron chi connectivity index (χ3n) is 4.48. The second-order valence-electron chi connectivity index (χ2n) is 6.22. The van der Waals surface area contributed by atoms with Gasteiger partial charge in [0.15, 0.2) is 0 Å². The first-order chi connectivity index (χ1) is 12.3. The Morgan fingerprint density at radius 2 is 1.88 bits per heavy atom. The summed E-state index contributed by atoms with van der Waals surface area (Å²) in [5, 5.41) is 4.56. The van der Waals surface area contributed by atoms with Gasteiger partial charge in [0.1, 0.15) is 11.5 Å². The van der Waals surface area contributed by atoms with Crippen LogP contribution >= 0.6 is 0 Å². The number of fused-ring (bicyclic) bond motifs is 1. The van der Waals surface area contributed by atoms with Crippen molar-refractivity contribution >= 4 is 16.9 Å². The van der Waals surface area contributed by atoms with E-state index in [1.165, 1.54) is 27.6 Å². The van der Waals surface area contributed by atoms with Gasteiger partial charge in [0.05, 0.1) is 0 Å². The number of rotatable bonds is 5. The van der Waals surface area contributed by atoms with E-state index < -0.39 is 0 Å². The first-order valence-corrected chi connectivity index (χ1v) is 8.44. The molecule has 1 aromatic carbocycles. The van der Waals surface area contributed by atoms with Gasteiger partial charge >= 0.3 is 0 Å². The summed E-state index contributed by atoms with van der Waals surface area (Å²) in [5.41, 5.74) is 5.94. The fraction of sp³-hybridized carbons (Fsp3) is 0.143. The first kappa shape index (κ1) is 15.4. The minimum atomic E-state index is 0.785. The number of H-pyrrole nitrogens is 1. The molecule has 0 bridgehead atoms. The monoisotopic (exact) mass is 328 g/mol. The minimum Gasteiger partial charge on any atom is -0.366 e. The van der Waals surface area contributed by atoms with Gasteiger partial charge in [-0.05, 0) is 47.4 Å². The summed E-state index contributed by atoms with van der Waals surface area (Å²) in [7, 11) is 0. The molecule has 0 spiro atoms. The average Bonchev–Trinajstić information content (AvgIpc) is 3.05. The summed E-state index contributed by atoms with van der Waals surface area (Å²) in [6, 6.07) is 16.6. The molecule has 3 aromatic heterocycles. The smallest absolute Gasteiger partial charge is 0.137 e. The lowest BCUT2D eigenvalue weighted by Crippen LogP contribution is -2.03. The molecular formula is C21H20N4. The maximum absolute atomic E-state index is 4.55. The number of hydrogen-bond donors (Lipinski definition) is 2. The van der Waals surface area contributed by atoms with Crippen molar-refractivity contribution < 1.29 is 0 Å². The second-order valence-corrected chi connectivity index (χ2v) is 6.22. The Morgan fingerprint density at radius 3 is 2.72 bits per heavy atom. The van der Waals surface area contributed by atoms with Gasteiger partial charge in [0, 0.05) is 36.9 Å². The third kappa shape index (κ3) is 3.38. The van der Waals surface area contributed by atoms with E-state index in [-0.39, 0.29) is 0 Å². The second kappa shape index (κ2) is 6.77.